The standard InChI is InChI=1S/C5H9ClO3.C5H11NOS/c1-3(5(8)9)4(7)2-6;1-2-5(7)6-3-4-8/h3-4,7H,2H2,1H3,(H,8,9);8H,2-4H2,1H3,(H,6,7)/t3-,4+;/m0./s1. The number of hydrogen-bond acceptors (Lipinski definition) is 4. The summed E-state index contributed by atoms with van der Waals surface area (Å²) in [6, 6.07) is 0. The van der Waals surface area contributed by atoms with Gasteiger partial charge in [-0.1, -0.05) is 6.92 Å². The number of amides is 1. The van der Waals surface area contributed by atoms with Crippen LogP contribution in [0, 0.1) is 5.92 Å². The van der Waals surface area contributed by atoms with Gasteiger partial charge in [-0.05, 0) is 6.92 Å². The molecule has 3 N–H and O–H groups in total. The van der Waals surface area contributed by atoms with Gasteiger partial charge in [-0.25, -0.2) is 0 Å². The molecule has 2 atom stereocenters. The van der Waals surface area contributed by atoms with Crippen molar-refractivity contribution in [1.82, 2.24) is 5.32 Å². The minimum atomic E-state index is -1.02. The van der Waals surface area contributed by atoms with E-state index in [0.717, 1.165) is 0 Å². The van der Waals surface area contributed by atoms with Crippen molar-refractivity contribution in [3.05, 3.63) is 0 Å². The number of hydrogen-bond donors (Lipinski definition) is 4. The van der Waals surface area contributed by atoms with E-state index in [1.807, 2.05) is 6.92 Å². The number of nitrogens with one attached hydrogen (secondary N) is 1. The lowest BCUT2D eigenvalue weighted by molar-refractivity contribution is -0.144. The maximum absolute atomic E-state index is 10.4. The highest BCUT2D eigenvalue weighted by molar-refractivity contribution is 7.80. The van der Waals surface area contributed by atoms with Gasteiger partial charge in [0.1, 0.15) is 0 Å². The summed E-state index contributed by atoms with van der Waals surface area (Å²) >= 11 is 9.10. The van der Waals surface area contributed by atoms with E-state index < -0.39 is 18.0 Å². The second-order valence-electron chi connectivity index (χ2n) is 3.28. The highest BCUT2D eigenvalue weighted by Gasteiger charge is 2.19. The summed E-state index contributed by atoms with van der Waals surface area (Å²) in [7, 11) is 0. The minimum Gasteiger partial charge on any atom is -0.481 e. The number of aliphatic hydroxyl groups excluding tert-OH is 1. The first kappa shape index (κ1) is 18.9. The molecule has 5 nitrogen and oxygen atoms in total. The SMILES string of the molecule is CCC(=O)NCCS.C[C@H](C(=O)O)[C@H](O)CCl. The van der Waals surface area contributed by atoms with Crippen molar-refractivity contribution >= 4 is 36.1 Å². The van der Waals surface area contributed by atoms with Crippen LogP contribution in [0.3, 0.4) is 0 Å². The average molecular weight is 286 g/mol. The number of carboxylic acid groups (broad SMARTS) is 1. The molecular weight excluding hydrogens is 266 g/mol. The molecule has 102 valence electrons. The fourth-order valence-corrected chi connectivity index (χ4v) is 0.998. The third-order valence-electron chi connectivity index (χ3n) is 1.88. The van der Waals surface area contributed by atoms with Crippen LogP contribution in [-0.4, -0.2) is 46.4 Å². The molecule has 0 aliphatic carbocycles. The van der Waals surface area contributed by atoms with Gasteiger partial charge in [-0.15, -0.1) is 11.6 Å². The molecule has 0 bridgehead atoms. The number of carbonyl (C=O) groups excluding carboxylic acids is 1. The fourth-order valence-electron chi connectivity index (χ4n) is 0.619. The Bertz CT molecular complexity index is 228. The first-order valence-electron chi connectivity index (χ1n) is 5.25. The number of thiol groups is 1. The van der Waals surface area contributed by atoms with Crippen molar-refractivity contribution in [3.63, 3.8) is 0 Å². The van der Waals surface area contributed by atoms with Gasteiger partial charge in [-0.3, -0.25) is 9.59 Å². The Kier molecular flexibility index (Phi) is 13.3. The van der Waals surface area contributed by atoms with E-state index in [1.54, 1.807) is 0 Å². The van der Waals surface area contributed by atoms with Crippen molar-refractivity contribution in [3.8, 4) is 0 Å². The molecule has 0 rings (SSSR count). The Hall–Kier alpha value is -0.460. The van der Waals surface area contributed by atoms with Crippen LogP contribution < -0.4 is 5.32 Å². The number of halogens is 1. The molecule has 7 heteroatoms. The summed E-state index contributed by atoms with van der Waals surface area (Å²) in [5.74, 6) is -1.02. The van der Waals surface area contributed by atoms with Gasteiger partial charge in [-0.2, -0.15) is 12.6 Å². The molecule has 0 saturated heterocycles. The van der Waals surface area contributed by atoms with E-state index in [1.165, 1.54) is 6.92 Å². The number of carbonyl (C=O) groups is 2. The summed E-state index contributed by atoms with van der Waals surface area (Å²) in [6.45, 7) is 3.92. The molecule has 0 fully saturated rings. The number of aliphatic hydroxyl groups is 1. The quantitative estimate of drug-likeness (QED) is 0.428. The lowest BCUT2D eigenvalue weighted by Crippen LogP contribution is -2.26. The first-order valence-corrected chi connectivity index (χ1v) is 6.41. The maximum atomic E-state index is 10.4. The van der Waals surface area contributed by atoms with E-state index in [4.69, 9.17) is 21.8 Å². The van der Waals surface area contributed by atoms with Crippen molar-refractivity contribution in [2.24, 2.45) is 5.92 Å². The van der Waals surface area contributed by atoms with Crippen LogP contribution in [0.2, 0.25) is 0 Å². The normalized spacial score (nSPS) is 13.0. The minimum absolute atomic E-state index is 0.0343. The Morgan fingerprint density at radius 1 is 1.47 bits per heavy atom. The van der Waals surface area contributed by atoms with Crippen LogP contribution in [-0.2, 0) is 9.59 Å². The summed E-state index contributed by atoms with van der Waals surface area (Å²) in [6.07, 6.45) is -0.377. The summed E-state index contributed by atoms with van der Waals surface area (Å²) < 4.78 is 0. The molecule has 0 unspecified atom stereocenters. The van der Waals surface area contributed by atoms with Gasteiger partial charge in [0.25, 0.3) is 0 Å². The topological polar surface area (TPSA) is 86.6 Å². The molecule has 0 heterocycles. The zero-order valence-corrected chi connectivity index (χ0v) is 11.7. The molecule has 0 saturated carbocycles. The van der Waals surface area contributed by atoms with Gasteiger partial charge >= 0.3 is 5.97 Å². The van der Waals surface area contributed by atoms with Crippen LogP contribution in [0.1, 0.15) is 20.3 Å². The molecule has 0 radical (unpaired) electrons. The second kappa shape index (κ2) is 12.0. The van der Waals surface area contributed by atoms with Crippen molar-refractivity contribution in [2.75, 3.05) is 18.2 Å². The number of rotatable bonds is 6. The van der Waals surface area contributed by atoms with Crippen LogP contribution in [0.5, 0.6) is 0 Å². The van der Waals surface area contributed by atoms with Gasteiger partial charge in [0.2, 0.25) is 5.91 Å². The van der Waals surface area contributed by atoms with Crippen LogP contribution in [0.4, 0.5) is 0 Å². The van der Waals surface area contributed by atoms with Gasteiger partial charge in [0.05, 0.1) is 12.0 Å². The Labute approximate surface area is 112 Å². The molecule has 1 amide bonds. The smallest absolute Gasteiger partial charge is 0.308 e. The van der Waals surface area contributed by atoms with Crippen LogP contribution >= 0.6 is 24.2 Å². The Balaban J connectivity index is 0. The third kappa shape index (κ3) is 11.8. The Morgan fingerprint density at radius 3 is 2.24 bits per heavy atom. The molecule has 17 heavy (non-hydrogen) atoms. The third-order valence-corrected chi connectivity index (χ3v) is 2.42. The number of carboxylic acids is 1. The molecule has 0 spiro atoms. The van der Waals surface area contributed by atoms with E-state index in [2.05, 4.69) is 17.9 Å². The molecule has 0 aromatic carbocycles. The van der Waals surface area contributed by atoms with Gasteiger partial charge in [0.15, 0.2) is 0 Å². The zero-order chi connectivity index (χ0) is 13.8. The van der Waals surface area contributed by atoms with Crippen molar-refractivity contribution < 1.29 is 19.8 Å². The molecule has 0 aliphatic rings. The largest absolute Gasteiger partial charge is 0.481 e. The van der Waals surface area contributed by atoms with E-state index in [-0.39, 0.29) is 11.8 Å². The molecular formula is C10H20ClNO4S. The van der Waals surface area contributed by atoms with Crippen LogP contribution in [0.15, 0.2) is 0 Å². The maximum Gasteiger partial charge on any atom is 0.308 e. The number of aliphatic carboxylic acids is 1. The lowest BCUT2D eigenvalue weighted by Gasteiger charge is -2.09. The first-order chi connectivity index (χ1) is 7.90. The van der Waals surface area contributed by atoms with E-state index in [0.29, 0.717) is 18.7 Å². The summed E-state index contributed by atoms with van der Waals surface area (Å²) in [4.78, 5) is 20.5. The average Bonchev–Trinajstić information content (AvgIpc) is 2.34. The predicted molar refractivity (Wildman–Crippen MR) is 70.7 cm³/mol. The Morgan fingerprint density at radius 2 is 2.00 bits per heavy atom. The lowest BCUT2D eigenvalue weighted by atomic mass is 10.1. The van der Waals surface area contributed by atoms with E-state index in [9.17, 15) is 9.59 Å². The van der Waals surface area contributed by atoms with Crippen LogP contribution in [0.25, 0.3) is 0 Å². The molecule has 0 aromatic heterocycles. The summed E-state index contributed by atoms with van der Waals surface area (Å²) in [5.41, 5.74) is 0. The van der Waals surface area contributed by atoms with Gasteiger partial charge in [0, 0.05) is 24.6 Å². The fraction of sp³-hybridized carbons (Fsp3) is 0.800. The molecule has 0 aromatic rings. The highest BCUT2D eigenvalue weighted by Crippen LogP contribution is 2.03. The number of alkyl halides is 1. The highest BCUT2D eigenvalue weighted by atomic mass is 35.5. The van der Waals surface area contributed by atoms with E-state index >= 15 is 0 Å². The van der Waals surface area contributed by atoms with Crippen molar-refractivity contribution in [2.45, 2.75) is 26.4 Å². The zero-order valence-electron chi connectivity index (χ0n) is 10.0. The van der Waals surface area contributed by atoms with Crippen molar-refractivity contribution in [1.29, 1.82) is 0 Å². The molecule has 0 aliphatic heterocycles. The monoisotopic (exact) mass is 285 g/mol. The van der Waals surface area contributed by atoms with Gasteiger partial charge < -0.3 is 15.5 Å². The second-order valence-corrected chi connectivity index (χ2v) is 4.03. The summed E-state index contributed by atoms with van der Waals surface area (Å²) in [5, 5.41) is 19.7. The predicted octanol–water partition coefficient (Wildman–Crippen LogP) is 0.749.